The first kappa shape index (κ1) is 20.1. The van der Waals surface area contributed by atoms with E-state index in [1.807, 2.05) is 18.2 Å². The number of benzene rings is 1. The predicted molar refractivity (Wildman–Crippen MR) is 117 cm³/mol. The van der Waals surface area contributed by atoms with Gasteiger partial charge in [-0.25, -0.2) is 0 Å². The highest BCUT2D eigenvalue weighted by atomic mass is 32.1. The van der Waals surface area contributed by atoms with Crippen LogP contribution in [0.5, 0.6) is 0 Å². The molecule has 0 radical (unpaired) electrons. The second-order valence-electron chi connectivity index (χ2n) is 8.22. The number of hydrogen-bond donors (Lipinski definition) is 2. The fourth-order valence-corrected chi connectivity index (χ4v) is 4.64. The van der Waals surface area contributed by atoms with Gasteiger partial charge in [-0.1, -0.05) is 12.1 Å². The molecule has 0 spiro atoms. The van der Waals surface area contributed by atoms with Crippen LogP contribution in [0.1, 0.15) is 47.3 Å². The third-order valence-corrected chi connectivity index (χ3v) is 6.57. The summed E-state index contributed by atoms with van der Waals surface area (Å²) in [5.41, 5.74) is 1.28. The number of carbonyl (C=O) groups excluding carboxylic acids is 2. The molecule has 1 aliphatic carbocycles. The number of likely N-dealkylation sites (tertiary alicyclic amines) is 1. The zero-order valence-corrected chi connectivity index (χ0v) is 17.5. The van der Waals surface area contributed by atoms with Crippen LogP contribution in [0.3, 0.4) is 0 Å². The number of nitrogens with zero attached hydrogens (tertiary/aromatic N) is 1. The van der Waals surface area contributed by atoms with E-state index in [0.717, 1.165) is 38.3 Å². The fraction of sp³-hybridized carbons (Fsp3) is 0.478. The van der Waals surface area contributed by atoms with Gasteiger partial charge in [0.25, 0.3) is 5.91 Å². The second-order valence-corrected chi connectivity index (χ2v) is 9.26. The summed E-state index contributed by atoms with van der Waals surface area (Å²) in [5, 5.41) is 8.14. The Morgan fingerprint density at radius 1 is 1.14 bits per heavy atom. The number of aryl methyl sites for hydroxylation is 1. The molecule has 2 heterocycles. The fourth-order valence-electron chi connectivity index (χ4n) is 3.89. The van der Waals surface area contributed by atoms with Gasteiger partial charge in [-0.15, -0.1) is 11.3 Å². The number of hydrogen-bond acceptors (Lipinski definition) is 4. The minimum Gasteiger partial charge on any atom is -0.348 e. The highest BCUT2D eigenvalue weighted by Crippen LogP contribution is 2.30. The molecule has 1 unspecified atom stereocenters. The quantitative estimate of drug-likeness (QED) is 0.657. The first-order valence-corrected chi connectivity index (χ1v) is 11.5. The number of nitrogens with one attached hydrogen (secondary N) is 2. The Bertz CT molecular complexity index is 832. The average molecular weight is 412 g/mol. The maximum absolute atomic E-state index is 12.6. The number of thiophene rings is 1. The van der Waals surface area contributed by atoms with Gasteiger partial charge in [0, 0.05) is 48.2 Å². The summed E-state index contributed by atoms with van der Waals surface area (Å²) in [4.78, 5) is 28.6. The van der Waals surface area contributed by atoms with Gasteiger partial charge in [-0.3, -0.25) is 9.59 Å². The molecule has 1 atom stereocenters. The Labute approximate surface area is 176 Å². The zero-order chi connectivity index (χ0) is 20.1. The summed E-state index contributed by atoms with van der Waals surface area (Å²) in [5.74, 6) is 0.817. The third-order valence-electron chi connectivity index (χ3n) is 5.64. The maximum atomic E-state index is 12.6. The van der Waals surface area contributed by atoms with Gasteiger partial charge in [0.2, 0.25) is 5.91 Å². The van der Waals surface area contributed by atoms with Gasteiger partial charge in [-0.05, 0) is 67.7 Å². The molecule has 0 bridgehead atoms. The van der Waals surface area contributed by atoms with Crippen molar-refractivity contribution in [2.45, 2.75) is 44.6 Å². The molecule has 2 amide bonds. The summed E-state index contributed by atoms with van der Waals surface area (Å²) < 4.78 is 0. The Kier molecular flexibility index (Phi) is 6.62. The molecule has 2 aliphatic rings. The van der Waals surface area contributed by atoms with Crippen LogP contribution >= 0.6 is 11.3 Å². The molecular weight excluding hydrogens is 382 g/mol. The molecule has 2 N–H and O–H groups in total. The lowest BCUT2D eigenvalue weighted by Crippen LogP contribution is -2.37. The lowest BCUT2D eigenvalue weighted by molar-refractivity contribution is -0.116. The topological polar surface area (TPSA) is 61.4 Å². The molecule has 4 rings (SSSR count). The normalized spacial score (nSPS) is 19.2. The van der Waals surface area contributed by atoms with Crippen LogP contribution in [-0.2, 0) is 11.2 Å². The van der Waals surface area contributed by atoms with Crippen molar-refractivity contribution in [3.63, 3.8) is 0 Å². The highest BCUT2D eigenvalue weighted by molar-refractivity contribution is 7.09. The lowest BCUT2D eigenvalue weighted by Gasteiger charge is -2.16. The van der Waals surface area contributed by atoms with Crippen molar-refractivity contribution in [1.29, 1.82) is 0 Å². The molecule has 1 saturated carbocycles. The van der Waals surface area contributed by atoms with Crippen molar-refractivity contribution >= 4 is 28.8 Å². The van der Waals surface area contributed by atoms with Crippen LogP contribution < -0.4 is 10.6 Å². The van der Waals surface area contributed by atoms with Gasteiger partial charge in [0.15, 0.2) is 0 Å². The Balaban J connectivity index is 1.23. The SMILES string of the molecule is O=C(CCCc1cccs1)Nc1cccc(C(=O)NC2CCN(CC3CC3)C2)c1. The summed E-state index contributed by atoms with van der Waals surface area (Å²) in [6.07, 6.45) is 5.96. The first-order valence-electron chi connectivity index (χ1n) is 10.6. The van der Waals surface area contributed by atoms with E-state index in [0.29, 0.717) is 17.7 Å². The lowest BCUT2D eigenvalue weighted by atomic mass is 10.1. The van der Waals surface area contributed by atoms with Crippen molar-refractivity contribution in [1.82, 2.24) is 10.2 Å². The zero-order valence-electron chi connectivity index (χ0n) is 16.7. The van der Waals surface area contributed by atoms with E-state index < -0.39 is 0 Å². The number of amides is 2. The minimum atomic E-state index is -0.0583. The average Bonchev–Trinajstić information content (AvgIpc) is 3.17. The predicted octanol–water partition coefficient (Wildman–Crippen LogP) is 3.92. The molecule has 2 aromatic rings. The van der Waals surface area contributed by atoms with Crippen LogP contribution in [0.25, 0.3) is 0 Å². The second kappa shape index (κ2) is 9.55. The molecule has 5 nitrogen and oxygen atoms in total. The Hall–Kier alpha value is -2.18. The van der Waals surface area contributed by atoms with Gasteiger partial charge in [-0.2, -0.15) is 0 Å². The van der Waals surface area contributed by atoms with Gasteiger partial charge < -0.3 is 15.5 Å². The van der Waals surface area contributed by atoms with Gasteiger partial charge >= 0.3 is 0 Å². The van der Waals surface area contributed by atoms with E-state index in [1.165, 1.54) is 24.3 Å². The largest absolute Gasteiger partial charge is 0.348 e. The van der Waals surface area contributed by atoms with Crippen molar-refractivity contribution in [2.24, 2.45) is 5.92 Å². The number of anilines is 1. The van der Waals surface area contributed by atoms with Crippen LogP contribution in [0, 0.1) is 5.92 Å². The summed E-state index contributed by atoms with van der Waals surface area (Å²) in [7, 11) is 0. The summed E-state index contributed by atoms with van der Waals surface area (Å²) in [6.45, 7) is 3.20. The van der Waals surface area contributed by atoms with Crippen molar-refractivity contribution in [3.05, 3.63) is 52.2 Å². The molecule has 2 fully saturated rings. The van der Waals surface area contributed by atoms with E-state index in [1.54, 1.807) is 23.5 Å². The van der Waals surface area contributed by atoms with E-state index in [4.69, 9.17) is 0 Å². The summed E-state index contributed by atoms with van der Waals surface area (Å²) >= 11 is 1.72. The molecule has 154 valence electrons. The third kappa shape index (κ3) is 6.15. The minimum absolute atomic E-state index is 0.00868. The maximum Gasteiger partial charge on any atom is 0.251 e. The monoisotopic (exact) mass is 411 g/mol. The Morgan fingerprint density at radius 2 is 2.03 bits per heavy atom. The standard InChI is InChI=1S/C23H29N3O2S/c27-22(8-2-6-21-7-3-13-29-21)24-19-5-1-4-18(14-19)23(28)25-20-11-12-26(16-20)15-17-9-10-17/h1,3-5,7,13-14,17,20H,2,6,8-12,15-16H2,(H,24,27)(H,25,28). The van der Waals surface area contributed by atoms with Gasteiger partial charge in [0.05, 0.1) is 0 Å². The number of carbonyl (C=O) groups is 2. The van der Waals surface area contributed by atoms with E-state index >= 15 is 0 Å². The molecule has 1 aromatic heterocycles. The molecule has 29 heavy (non-hydrogen) atoms. The van der Waals surface area contributed by atoms with Crippen LogP contribution in [0.15, 0.2) is 41.8 Å². The van der Waals surface area contributed by atoms with E-state index in [2.05, 4.69) is 27.0 Å². The summed E-state index contributed by atoms with van der Waals surface area (Å²) in [6, 6.07) is 11.6. The molecule has 1 aliphatic heterocycles. The molecule has 1 aromatic carbocycles. The van der Waals surface area contributed by atoms with E-state index in [9.17, 15) is 9.59 Å². The van der Waals surface area contributed by atoms with Crippen LogP contribution in [0.2, 0.25) is 0 Å². The van der Waals surface area contributed by atoms with Crippen LogP contribution in [-0.4, -0.2) is 42.4 Å². The van der Waals surface area contributed by atoms with E-state index in [-0.39, 0.29) is 17.9 Å². The first-order chi connectivity index (χ1) is 14.2. The molecule has 6 heteroatoms. The molecular formula is C23H29N3O2S. The van der Waals surface area contributed by atoms with Crippen molar-refractivity contribution in [3.8, 4) is 0 Å². The van der Waals surface area contributed by atoms with Crippen molar-refractivity contribution in [2.75, 3.05) is 25.0 Å². The smallest absolute Gasteiger partial charge is 0.251 e. The highest BCUT2D eigenvalue weighted by Gasteiger charge is 2.29. The molecule has 1 saturated heterocycles. The Morgan fingerprint density at radius 3 is 2.83 bits per heavy atom. The van der Waals surface area contributed by atoms with Crippen molar-refractivity contribution < 1.29 is 9.59 Å². The van der Waals surface area contributed by atoms with Gasteiger partial charge in [0.1, 0.15) is 0 Å². The number of rotatable bonds is 9. The van der Waals surface area contributed by atoms with Crippen LogP contribution in [0.4, 0.5) is 5.69 Å².